The standard InChI is InChI=1S/C21H28N2O3/c1-3-13-11-23-9-8-15-14-6-4-5-7-18(14)22-20(15)19(23)10-16(13)17(12-24)21(25)26-2/h4-7,13,16-17,19,22,24H,3,8-12H2,1-2H3. The minimum absolute atomic E-state index is 0.139. The van der Waals surface area contributed by atoms with E-state index in [0.717, 1.165) is 32.4 Å². The number of aromatic amines is 1. The number of aliphatic hydroxyl groups excluding tert-OH is 1. The molecule has 1 saturated heterocycles. The van der Waals surface area contributed by atoms with Crippen molar-refractivity contribution in [3.8, 4) is 0 Å². The summed E-state index contributed by atoms with van der Waals surface area (Å²) in [6.07, 6.45) is 2.97. The second-order valence-corrected chi connectivity index (χ2v) is 7.70. The first-order valence-electron chi connectivity index (χ1n) is 9.70. The number of aliphatic hydroxyl groups is 1. The molecular formula is C21H28N2O3. The molecule has 0 bridgehead atoms. The minimum Gasteiger partial charge on any atom is -0.469 e. The number of methoxy groups -OCH3 is 1. The van der Waals surface area contributed by atoms with E-state index in [-0.39, 0.29) is 24.5 Å². The van der Waals surface area contributed by atoms with Gasteiger partial charge in [-0.1, -0.05) is 31.5 Å². The maximum absolute atomic E-state index is 12.2. The largest absolute Gasteiger partial charge is 0.469 e. The zero-order valence-electron chi connectivity index (χ0n) is 15.6. The summed E-state index contributed by atoms with van der Waals surface area (Å²) >= 11 is 0. The number of esters is 1. The van der Waals surface area contributed by atoms with Crippen LogP contribution in [0.25, 0.3) is 10.9 Å². The molecule has 140 valence electrons. The summed E-state index contributed by atoms with van der Waals surface area (Å²) in [6, 6.07) is 8.78. The average Bonchev–Trinajstić information content (AvgIpc) is 3.07. The van der Waals surface area contributed by atoms with Crippen molar-refractivity contribution in [2.45, 2.75) is 32.2 Å². The number of nitrogens with zero attached hydrogens (tertiary/aromatic N) is 1. The van der Waals surface area contributed by atoms with Crippen LogP contribution in [-0.4, -0.2) is 47.8 Å². The Morgan fingerprint density at radius 1 is 1.42 bits per heavy atom. The van der Waals surface area contributed by atoms with Crippen LogP contribution in [0.5, 0.6) is 0 Å². The van der Waals surface area contributed by atoms with Crippen molar-refractivity contribution in [2.75, 3.05) is 26.8 Å². The number of ether oxygens (including phenoxy) is 1. The molecule has 2 aliphatic heterocycles. The van der Waals surface area contributed by atoms with Crippen molar-refractivity contribution >= 4 is 16.9 Å². The number of para-hydroxylation sites is 1. The molecule has 2 aromatic rings. The summed E-state index contributed by atoms with van der Waals surface area (Å²) in [6.45, 7) is 4.08. The number of hydrogen-bond acceptors (Lipinski definition) is 4. The Labute approximate surface area is 154 Å². The highest BCUT2D eigenvalue weighted by Gasteiger charge is 2.44. The van der Waals surface area contributed by atoms with Crippen molar-refractivity contribution in [3.63, 3.8) is 0 Å². The van der Waals surface area contributed by atoms with Gasteiger partial charge in [0.15, 0.2) is 0 Å². The Morgan fingerprint density at radius 2 is 2.23 bits per heavy atom. The second-order valence-electron chi connectivity index (χ2n) is 7.70. The van der Waals surface area contributed by atoms with Gasteiger partial charge >= 0.3 is 5.97 Å². The highest BCUT2D eigenvalue weighted by Crippen LogP contribution is 2.45. The zero-order chi connectivity index (χ0) is 18.3. The first kappa shape index (κ1) is 17.6. The topological polar surface area (TPSA) is 65.6 Å². The van der Waals surface area contributed by atoms with Gasteiger partial charge in [-0.2, -0.15) is 0 Å². The van der Waals surface area contributed by atoms with E-state index in [1.165, 1.54) is 29.3 Å². The highest BCUT2D eigenvalue weighted by molar-refractivity contribution is 5.85. The number of H-pyrrole nitrogens is 1. The summed E-state index contributed by atoms with van der Waals surface area (Å²) in [4.78, 5) is 18.5. The molecule has 4 rings (SSSR count). The van der Waals surface area contributed by atoms with E-state index in [1.807, 2.05) is 0 Å². The molecule has 1 aromatic carbocycles. The van der Waals surface area contributed by atoms with Gasteiger partial charge in [0.05, 0.1) is 25.7 Å². The summed E-state index contributed by atoms with van der Waals surface area (Å²) in [7, 11) is 1.41. The molecule has 3 heterocycles. The number of benzene rings is 1. The molecular weight excluding hydrogens is 328 g/mol. The third-order valence-corrected chi connectivity index (χ3v) is 6.58. The lowest BCUT2D eigenvalue weighted by atomic mass is 9.71. The Bertz CT molecular complexity index is 800. The van der Waals surface area contributed by atoms with Crippen LogP contribution in [0.1, 0.15) is 37.1 Å². The molecule has 0 saturated carbocycles. The molecule has 0 amide bonds. The number of fused-ring (bicyclic) bond motifs is 5. The Balaban J connectivity index is 1.70. The van der Waals surface area contributed by atoms with Gasteiger partial charge in [-0.25, -0.2) is 0 Å². The molecule has 5 heteroatoms. The summed E-state index contributed by atoms with van der Waals surface area (Å²) in [5, 5.41) is 11.2. The fourth-order valence-corrected chi connectivity index (χ4v) is 5.20. The van der Waals surface area contributed by atoms with Crippen molar-refractivity contribution in [1.29, 1.82) is 0 Å². The van der Waals surface area contributed by atoms with Gasteiger partial charge < -0.3 is 14.8 Å². The quantitative estimate of drug-likeness (QED) is 0.827. The number of carbonyl (C=O) groups is 1. The van der Waals surface area contributed by atoms with Crippen LogP contribution in [0.15, 0.2) is 24.3 Å². The van der Waals surface area contributed by atoms with E-state index < -0.39 is 5.92 Å². The van der Waals surface area contributed by atoms with Crippen molar-refractivity contribution < 1.29 is 14.6 Å². The van der Waals surface area contributed by atoms with Gasteiger partial charge in [0.25, 0.3) is 0 Å². The molecule has 2 aliphatic rings. The smallest absolute Gasteiger partial charge is 0.311 e. The SMILES string of the molecule is CCC1CN2CCc3c([nH]c4ccccc34)C2CC1C(CO)C(=O)OC. The Kier molecular flexibility index (Phi) is 4.76. The number of nitrogens with one attached hydrogen (secondary N) is 1. The van der Waals surface area contributed by atoms with Crippen molar-refractivity contribution in [1.82, 2.24) is 9.88 Å². The average molecular weight is 356 g/mol. The molecule has 4 unspecified atom stereocenters. The van der Waals surface area contributed by atoms with E-state index in [1.54, 1.807) is 0 Å². The van der Waals surface area contributed by atoms with Gasteiger partial charge in [0.2, 0.25) is 0 Å². The lowest BCUT2D eigenvalue weighted by Crippen LogP contribution is -2.49. The van der Waals surface area contributed by atoms with Crippen LogP contribution in [-0.2, 0) is 16.0 Å². The number of carbonyl (C=O) groups excluding carboxylic acids is 1. The predicted octanol–water partition coefficient (Wildman–Crippen LogP) is 2.89. The minimum atomic E-state index is -0.429. The van der Waals surface area contributed by atoms with Gasteiger partial charge in [0.1, 0.15) is 0 Å². The first-order valence-corrected chi connectivity index (χ1v) is 9.70. The summed E-state index contributed by atoms with van der Waals surface area (Å²) < 4.78 is 4.98. The Hall–Kier alpha value is -1.85. The molecule has 5 nitrogen and oxygen atoms in total. The lowest BCUT2D eigenvalue weighted by Gasteiger charge is -2.47. The molecule has 1 fully saturated rings. The van der Waals surface area contributed by atoms with E-state index in [2.05, 4.69) is 41.1 Å². The van der Waals surface area contributed by atoms with Crippen LogP contribution in [0.4, 0.5) is 0 Å². The van der Waals surface area contributed by atoms with Crippen LogP contribution < -0.4 is 0 Å². The Morgan fingerprint density at radius 3 is 2.96 bits per heavy atom. The lowest BCUT2D eigenvalue weighted by molar-refractivity contribution is -0.152. The van der Waals surface area contributed by atoms with Gasteiger partial charge in [0, 0.05) is 29.7 Å². The van der Waals surface area contributed by atoms with E-state index >= 15 is 0 Å². The van der Waals surface area contributed by atoms with Gasteiger partial charge in [-0.05, 0) is 36.3 Å². The highest BCUT2D eigenvalue weighted by atomic mass is 16.5. The monoisotopic (exact) mass is 356 g/mol. The predicted molar refractivity (Wildman–Crippen MR) is 101 cm³/mol. The maximum Gasteiger partial charge on any atom is 0.311 e. The number of hydrogen-bond donors (Lipinski definition) is 2. The third kappa shape index (κ3) is 2.74. The van der Waals surface area contributed by atoms with Crippen molar-refractivity contribution in [2.24, 2.45) is 17.8 Å². The van der Waals surface area contributed by atoms with E-state index in [0.29, 0.717) is 5.92 Å². The third-order valence-electron chi connectivity index (χ3n) is 6.58. The maximum atomic E-state index is 12.2. The zero-order valence-corrected chi connectivity index (χ0v) is 15.6. The van der Waals surface area contributed by atoms with Gasteiger partial charge in [-0.3, -0.25) is 9.69 Å². The molecule has 2 N–H and O–H groups in total. The van der Waals surface area contributed by atoms with Gasteiger partial charge in [-0.15, -0.1) is 0 Å². The van der Waals surface area contributed by atoms with E-state index in [9.17, 15) is 9.90 Å². The molecule has 0 aliphatic carbocycles. The van der Waals surface area contributed by atoms with Crippen LogP contribution in [0, 0.1) is 17.8 Å². The van der Waals surface area contributed by atoms with Crippen LogP contribution in [0.3, 0.4) is 0 Å². The van der Waals surface area contributed by atoms with Crippen LogP contribution in [0.2, 0.25) is 0 Å². The fourth-order valence-electron chi connectivity index (χ4n) is 5.20. The van der Waals surface area contributed by atoms with Crippen molar-refractivity contribution in [3.05, 3.63) is 35.5 Å². The summed E-state index contributed by atoms with van der Waals surface area (Å²) in [5.74, 6) is -0.150. The molecule has 0 radical (unpaired) electrons. The molecule has 0 spiro atoms. The normalized spacial score (nSPS) is 27.0. The first-order chi connectivity index (χ1) is 12.7. The summed E-state index contributed by atoms with van der Waals surface area (Å²) in [5.41, 5.74) is 3.92. The van der Waals surface area contributed by atoms with Crippen LogP contribution >= 0.6 is 0 Å². The number of aromatic nitrogens is 1. The fraction of sp³-hybridized carbons (Fsp3) is 0.571. The van der Waals surface area contributed by atoms with E-state index in [4.69, 9.17) is 4.74 Å². The second kappa shape index (κ2) is 7.05. The molecule has 1 aromatic heterocycles. The molecule has 4 atom stereocenters. The number of rotatable bonds is 4. The number of piperidine rings is 1. The molecule has 26 heavy (non-hydrogen) atoms.